The van der Waals surface area contributed by atoms with Crippen LogP contribution in [0.1, 0.15) is 0 Å². The van der Waals surface area contributed by atoms with Gasteiger partial charge in [-0.3, -0.25) is 9.97 Å². The van der Waals surface area contributed by atoms with Crippen LogP contribution in [0, 0.1) is 0 Å². The lowest BCUT2D eigenvalue weighted by atomic mass is 9.85. The summed E-state index contributed by atoms with van der Waals surface area (Å²) in [4.78, 5) is 17.8. The summed E-state index contributed by atoms with van der Waals surface area (Å²) in [6.07, 6.45) is 10.0. The highest BCUT2D eigenvalue weighted by Gasteiger charge is 2.19. The summed E-state index contributed by atoms with van der Waals surface area (Å²) in [6, 6.07) is 33.9. The van der Waals surface area contributed by atoms with E-state index in [0.717, 1.165) is 54.9 Å². The van der Waals surface area contributed by atoms with Crippen LogP contribution in [0.2, 0.25) is 0 Å². The van der Waals surface area contributed by atoms with Crippen molar-refractivity contribution in [1.82, 2.24) is 19.9 Å². The number of hydrogen-bond donors (Lipinski definition) is 0. The Hall–Kier alpha value is -5.88. The fourth-order valence-corrected chi connectivity index (χ4v) is 5.72. The monoisotopic (exact) mass is 542 g/mol. The van der Waals surface area contributed by atoms with Gasteiger partial charge in [0.25, 0.3) is 0 Å². The largest absolute Gasteiger partial charge is 0.443 e. The van der Waals surface area contributed by atoms with Crippen LogP contribution in [0.3, 0.4) is 0 Å². The van der Waals surface area contributed by atoms with Crippen molar-refractivity contribution >= 4 is 21.5 Å². The zero-order valence-electron chi connectivity index (χ0n) is 22.3. The zero-order chi connectivity index (χ0) is 27.9. The third kappa shape index (κ3) is 4.05. The highest BCUT2D eigenvalue weighted by molar-refractivity contribution is 6.22. The minimum atomic E-state index is 0.489. The molecule has 4 aromatic heterocycles. The number of pyridine rings is 2. The third-order valence-corrected chi connectivity index (χ3v) is 7.53. The molecule has 4 aromatic carbocycles. The Morgan fingerprint density at radius 3 is 1.50 bits per heavy atom. The van der Waals surface area contributed by atoms with Crippen LogP contribution in [-0.4, -0.2) is 19.9 Å². The number of nitrogens with zero attached hydrogens (tertiary/aromatic N) is 4. The molecule has 0 aliphatic carbocycles. The van der Waals surface area contributed by atoms with E-state index < -0.39 is 0 Å². The van der Waals surface area contributed by atoms with Gasteiger partial charge < -0.3 is 8.83 Å². The van der Waals surface area contributed by atoms with Gasteiger partial charge in [-0.05, 0) is 85.3 Å². The van der Waals surface area contributed by atoms with E-state index in [1.807, 2.05) is 30.6 Å². The molecule has 0 N–H and O–H groups in total. The molecule has 6 heteroatoms. The first-order chi connectivity index (χ1) is 20.8. The lowest BCUT2D eigenvalue weighted by molar-refractivity contribution is 0.572. The molecular formula is C36H22N4O2. The standard InChI is InChI=1S/C36H22N4O2/c1-2-6-23(7-3-1)24-10-11-29-30(20-24)34(26-13-15-38-32(22-26)36-40-17-19-42-36)28-9-5-4-8-27(28)33(29)25-12-14-37-31(21-25)35-39-16-18-41-35/h1-22H. The van der Waals surface area contributed by atoms with Gasteiger partial charge in [-0.25, -0.2) is 9.97 Å². The number of hydrogen-bond acceptors (Lipinski definition) is 6. The second kappa shape index (κ2) is 9.94. The van der Waals surface area contributed by atoms with E-state index in [9.17, 15) is 0 Å². The van der Waals surface area contributed by atoms with Crippen LogP contribution in [0.5, 0.6) is 0 Å². The second-order valence-electron chi connectivity index (χ2n) is 9.96. The van der Waals surface area contributed by atoms with Gasteiger partial charge in [-0.1, -0.05) is 66.7 Å². The van der Waals surface area contributed by atoms with Crippen molar-refractivity contribution < 1.29 is 8.83 Å². The van der Waals surface area contributed by atoms with Crippen molar-refractivity contribution in [3.8, 4) is 56.6 Å². The van der Waals surface area contributed by atoms with Crippen LogP contribution in [0.25, 0.3) is 78.1 Å². The maximum atomic E-state index is 5.59. The van der Waals surface area contributed by atoms with Gasteiger partial charge in [0.05, 0.1) is 12.4 Å². The molecule has 0 unspecified atom stereocenters. The molecule has 0 aliphatic heterocycles. The van der Waals surface area contributed by atoms with Gasteiger partial charge in [0.2, 0.25) is 11.8 Å². The van der Waals surface area contributed by atoms with E-state index in [1.54, 1.807) is 24.9 Å². The Morgan fingerprint density at radius 2 is 0.929 bits per heavy atom. The van der Waals surface area contributed by atoms with E-state index in [-0.39, 0.29) is 0 Å². The first-order valence-electron chi connectivity index (χ1n) is 13.6. The van der Waals surface area contributed by atoms with Crippen LogP contribution >= 0.6 is 0 Å². The minimum Gasteiger partial charge on any atom is -0.443 e. The van der Waals surface area contributed by atoms with Crippen molar-refractivity contribution in [2.24, 2.45) is 0 Å². The average Bonchev–Trinajstić information content (AvgIpc) is 3.80. The Morgan fingerprint density at radius 1 is 0.381 bits per heavy atom. The van der Waals surface area contributed by atoms with Gasteiger partial charge in [-0.2, -0.15) is 0 Å². The summed E-state index contributed by atoms with van der Waals surface area (Å²) in [7, 11) is 0. The molecule has 8 rings (SSSR count). The molecular weight excluding hydrogens is 520 g/mol. The van der Waals surface area contributed by atoms with Crippen LogP contribution in [0.15, 0.2) is 143 Å². The molecule has 0 aliphatic rings. The number of fused-ring (bicyclic) bond motifs is 2. The molecule has 6 nitrogen and oxygen atoms in total. The zero-order valence-corrected chi connectivity index (χ0v) is 22.3. The summed E-state index contributed by atoms with van der Waals surface area (Å²) < 4.78 is 11.2. The Balaban J connectivity index is 1.47. The smallest absolute Gasteiger partial charge is 0.245 e. The molecule has 0 bridgehead atoms. The molecule has 0 spiro atoms. The summed E-state index contributed by atoms with van der Waals surface area (Å²) in [5, 5.41) is 4.52. The predicted molar refractivity (Wildman–Crippen MR) is 164 cm³/mol. The SMILES string of the molecule is c1ccc(-c2ccc3c(-c4ccnc(-c5ncco5)c4)c4ccccc4c(-c4ccnc(-c5ncco5)c4)c3c2)cc1. The lowest BCUT2D eigenvalue weighted by Crippen LogP contribution is -1.93. The van der Waals surface area contributed by atoms with Gasteiger partial charge in [0.1, 0.15) is 23.9 Å². The molecule has 0 saturated carbocycles. The summed E-state index contributed by atoms with van der Waals surface area (Å²) in [5.41, 5.74) is 7.99. The molecule has 0 fully saturated rings. The second-order valence-corrected chi connectivity index (χ2v) is 9.96. The summed E-state index contributed by atoms with van der Waals surface area (Å²) >= 11 is 0. The topological polar surface area (TPSA) is 77.8 Å². The first kappa shape index (κ1) is 24.0. The highest BCUT2D eigenvalue weighted by atomic mass is 16.3. The van der Waals surface area contributed by atoms with Crippen molar-refractivity contribution in [2.45, 2.75) is 0 Å². The number of benzene rings is 4. The fourth-order valence-electron chi connectivity index (χ4n) is 5.72. The normalized spacial score (nSPS) is 11.3. The molecule has 42 heavy (non-hydrogen) atoms. The van der Waals surface area contributed by atoms with Crippen molar-refractivity contribution in [1.29, 1.82) is 0 Å². The molecule has 0 radical (unpaired) electrons. The molecule has 0 saturated heterocycles. The number of oxazole rings is 2. The Labute approximate surface area is 241 Å². The van der Waals surface area contributed by atoms with Crippen molar-refractivity contribution in [2.75, 3.05) is 0 Å². The molecule has 198 valence electrons. The maximum Gasteiger partial charge on any atom is 0.245 e. The van der Waals surface area contributed by atoms with Gasteiger partial charge in [0, 0.05) is 12.4 Å². The lowest BCUT2D eigenvalue weighted by Gasteiger charge is -2.19. The van der Waals surface area contributed by atoms with E-state index in [4.69, 9.17) is 8.83 Å². The summed E-state index contributed by atoms with van der Waals surface area (Å²) in [5.74, 6) is 0.979. The number of rotatable bonds is 5. The minimum absolute atomic E-state index is 0.489. The van der Waals surface area contributed by atoms with E-state index >= 15 is 0 Å². The van der Waals surface area contributed by atoms with Gasteiger partial charge >= 0.3 is 0 Å². The molecule has 4 heterocycles. The first-order valence-corrected chi connectivity index (χ1v) is 13.6. The maximum absolute atomic E-state index is 5.59. The van der Waals surface area contributed by atoms with Crippen LogP contribution in [0.4, 0.5) is 0 Å². The van der Waals surface area contributed by atoms with E-state index in [0.29, 0.717) is 23.2 Å². The van der Waals surface area contributed by atoms with Crippen molar-refractivity contribution in [3.63, 3.8) is 0 Å². The van der Waals surface area contributed by atoms with Crippen LogP contribution < -0.4 is 0 Å². The Bertz CT molecular complexity index is 2190. The quantitative estimate of drug-likeness (QED) is 0.202. The van der Waals surface area contributed by atoms with Crippen molar-refractivity contribution in [3.05, 3.63) is 134 Å². The average molecular weight is 543 g/mol. The van der Waals surface area contributed by atoms with E-state index in [2.05, 4.69) is 98.8 Å². The molecule has 0 atom stereocenters. The number of aromatic nitrogens is 4. The van der Waals surface area contributed by atoms with Gasteiger partial charge in [-0.15, -0.1) is 0 Å². The summed E-state index contributed by atoms with van der Waals surface area (Å²) in [6.45, 7) is 0. The molecule has 8 aromatic rings. The van der Waals surface area contributed by atoms with Crippen LogP contribution in [-0.2, 0) is 0 Å². The Kier molecular flexibility index (Phi) is 5.67. The highest BCUT2D eigenvalue weighted by Crippen LogP contribution is 2.45. The third-order valence-electron chi connectivity index (χ3n) is 7.53. The fraction of sp³-hybridized carbons (Fsp3) is 0. The molecule has 0 amide bonds. The predicted octanol–water partition coefficient (Wildman–Crippen LogP) is 9.09. The van der Waals surface area contributed by atoms with E-state index in [1.165, 1.54) is 0 Å². The van der Waals surface area contributed by atoms with Gasteiger partial charge in [0.15, 0.2) is 0 Å².